The predicted molar refractivity (Wildman–Crippen MR) is 83.8 cm³/mol. The lowest BCUT2D eigenvalue weighted by atomic mass is 9.95. The molecule has 2 aromatic carbocycles. The van der Waals surface area contributed by atoms with Crippen LogP contribution in [-0.2, 0) is 9.47 Å². The van der Waals surface area contributed by atoms with Crippen LogP contribution in [0.4, 0.5) is 0 Å². The average Bonchev–Trinajstić information content (AvgIpc) is 2.55. The zero-order chi connectivity index (χ0) is 15.9. The van der Waals surface area contributed by atoms with Crippen molar-refractivity contribution in [2.24, 2.45) is 0 Å². The average molecular weight is 298 g/mol. The summed E-state index contributed by atoms with van der Waals surface area (Å²) in [7, 11) is 0. The van der Waals surface area contributed by atoms with Crippen molar-refractivity contribution in [2.45, 2.75) is 13.8 Å². The van der Waals surface area contributed by atoms with Crippen LogP contribution in [0.3, 0.4) is 0 Å². The van der Waals surface area contributed by atoms with E-state index in [-0.39, 0.29) is 24.3 Å². The van der Waals surface area contributed by atoms with Gasteiger partial charge in [0.1, 0.15) is 0 Å². The predicted octanol–water partition coefficient (Wildman–Crippen LogP) is 3.71. The summed E-state index contributed by atoms with van der Waals surface area (Å²) in [6.45, 7) is 3.94. The molecule has 0 unspecified atom stereocenters. The van der Waals surface area contributed by atoms with Crippen LogP contribution < -0.4 is 0 Å². The number of esters is 2. The van der Waals surface area contributed by atoms with Gasteiger partial charge in [0, 0.05) is 0 Å². The quantitative estimate of drug-likeness (QED) is 0.790. The van der Waals surface area contributed by atoms with Crippen molar-refractivity contribution in [3.05, 3.63) is 59.7 Å². The zero-order valence-electron chi connectivity index (χ0n) is 12.7. The molecular weight excluding hydrogens is 280 g/mol. The highest BCUT2D eigenvalue weighted by molar-refractivity contribution is 6.07. The van der Waals surface area contributed by atoms with Crippen LogP contribution in [0.15, 0.2) is 48.5 Å². The molecule has 22 heavy (non-hydrogen) atoms. The third kappa shape index (κ3) is 3.34. The second-order valence-corrected chi connectivity index (χ2v) is 4.54. The first kappa shape index (κ1) is 15.8. The highest BCUT2D eigenvalue weighted by Crippen LogP contribution is 2.27. The molecule has 0 amide bonds. The maximum absolute atomic E-state index is 12.3. The number of hydrogen-bond acceptors (Lipinski definition) is 4. The molecular formula is C18H18O4. The molecule has 0 saturated heterocycles. The van der Waals surface area contributed by atoms with Crippen LogP contribution in [-0.4, -0.2) is 25.2 Å². The van der Waals surface area contributed by atoms with E-state index in [0.29, 0.717) is 5.56 Å². The van der Waals surface area contributed by atoms with E-state index in [4.69, 9.17) is 9.47 Å². The Hall–Kier alpha value is -2.62. The fourth-order valence-electron chi connectivity index (χ4n) is 2.21. The van der Waals surface area contributed by atoms with Gasteiger partial charge in [-0.2, -0.15) is 0 Å². The van der Waals surface area contributed by atoms with Gasteiger partial charge < -0.3 is 9.47 Å². The molecule has 0 N–H and O–H groups in total. The Balaban J connectivity index is 2.60. The van der Waals surface area contributed by atoms with Gasteiger partial charge in [0.05, 0.1) is 24.3 Å². The van der Waals surface area contributed by atoms with Crippen molar-refractivity contribution in [3.8, 4) is 11.1 Å². The second kappa shape index (κ2) is 7.41. The van der Waals surface area contributed by atoms with Gasteiger partial charge in [-0.25, -0.2) is 9.59 Å². The molecule has 0 saturated carbocycles. The number of hydrogen-bond donors (Lipinski definition) is 0. The lowest BCUT2D eigenvalue weighted by molar-refractivity contribution is 0.0479. The Kier molecular flexibility index (Phi) is 5.31. The van der Waals surface area contributed by atoms with Crippen molar-refractivity contribution in [3.63, 3.8) is 0 Å². The largest absolute Gasteiger partial charge is 0.462 e. The standard InChI is InChI=1S/C18H18O4/c1-3-21-17(19)15-12-8-11-14(13-9-6-5-7-10-13)16(15)18(20)22-4-2/h5-12H,3-4H2,1-2H3. The van der Waals surface area contributed by atoms with Gasteiger partial charge in [-0.3, -0.25) is 0 Å². The van der Waals surface area contributed by atoms with Gasteiger partial charge in [0.25, 0.3) is 0 Å². The summed E-state index contributed by atoms with van der Waals surface area (Å²) >= 11 is 0. The van der Waals surface area contributed by atoms with E-state index < -0.39 is 11.9 Å². The molecule has 4 heteroatoms. The molecule has 0 fully saturated rings. The van der Waals surface area contributed by atoms with Crippen LogP contribution in [0, 0.1) is 0 Å². The van der Waals surface area contributed by atoms with Crippen LogP contribution in [0.5, 0.6) is 0 Å². The maximum Gasteiger partial charge on any atom is 0.339 e. The van der Waals surface area contributed by atoms with E-state index in [9.17, 15) is 9.59 Å². The van der Waals surface area contributed by atoms with E-state index in [0.717, 1.165) is 5.56 Å². The van der Waals surface area contributed by atoms with Gasteiger partial charge >= 0.3 is 11.9 Å². The van der Waals surface area contributed by atoms with E-state index in [1.54, 1.807) is 32.0 Å². The van der Waals surface area contributed by atoms with Crippen LogP contribution in [0.2, 0.25) is 0 Å². The number of carbonyl (C=O) groups is 2. The zero-order valence-corrected chi connectivity index (χ0v) is 12.7. The molecule has 4 nitrogen and oxygen atoms in total. The summed E-state index contributed by atoms with van der Waals surface area (Å²) in [6, 6.07) is 14.5. The molecule has 2 aromatic rings. The minimum Gasteiger partial charge on any atom is -0.462 e. The monoisotopic (exact) mass is 298 g/mol. The Morgan fingerprint density at radius 1 is 0.818 bits per heavy atom. The Morgan fingerprint density at radius 2 is 1.45 bits per heavy atom. The number of carbonyl (C=O) groups excluding carboxylic acids is 2. The first-order chi connectivity index (χ1) is 10.7. The van der Waals surface area contributed by atoms with Crippen LogP contribution >= 0.6 is 0 Å². The minimum atomic E-state index is -0.525. The summed E-state index contributed by atoms with van der Waals surface area (Å²) < 4.78 is 10.2. The molecule has 0 spiro atoms. The Bertz CT molecular complexity index is 662. The third-order valence-electron chi connectivity index (χ3n) is 3.12. The molecule has 0 atom stereocenters. The highest BCUT2D eigenvalue weighted by atomic mass is 16.5. The van der Waals surface area contributed by atoms with E-state index in [1.807, 2.05) is 30.3 Å². The number of benzene rings is 2. The van der Waals surface area contributed by atoms with Crippen molar-refractivity contribution >= 4 is 11.9 Å². The molecule has 2 rings (SSSR count). The van der Waals surface area contributed by atoms with Gasteiger partial charge in [0.2, 0.25) is 0 Å². The summed E-state index contributed by atoms with van der Waals surface area (Å²) in [5, 5.41) is 0. The lowest BCUT2D eigenvalue weighted by Crippen LogP contribution is -2.15. The fourth-order valence-corrected chi connectivity index (χ4v) is 2.21. The van der Waals surface area contributed by atoms with Crippen molar-refractivity contribution < 1.29 is 19.1 Å². The lowest BCUT2D eigenvalue weighted by Gasteiger charge is -2.13. The van der Waals surface area contributed by atoms with E-state index >= 15 is 0 Å². The summed E-state index contributed by atoms with van der Waals surface area (Å²) in [6.07, 6.45) is 0. The first-order valence-electron chi connectivity index (χ1n) is 7.21. The Morgan fingerprint density at radius 3 is 2.09 bits per heavy atom. The minimum absolute atomic E-state index is 0.224. The van der Waals surface area contributed by atoms with Crippen LogP contribution in [0.1, 0.15) is 34.6 Å². The normalized spacial score (nSPS) is 10.1. The van der Waals surface area contributed by atoms with Crippen molar-refractivity contribution in [1.29, 1.82) is 0 Å². The van der Waals surface area contributed by atoms with E-state index in [1.165, 1.54) is 0 Å². The molecule has 114 valence electrons. The van der Waals surface area contributed by atoms with Gasteiger partial charge in [-0.1, -0.05) is 42.5 Å². The second-order valence-electron chi connectivity index (χ2n) is 4.54. The number of rotatable bonds is 5. The van der Waals surface area contributed by atoms with Gasteiger partial charge in [-0.15, -0.1) is 0 Å². The van der Waals surface area contributed by atoms with Crippen LogP contribution in [0.25, 0.3) is 11.1 Å². The topological polar surface area (TPSA) is 52.6 Å². The summed E-state index contributed by atoms with van der Waals surface area (Å²) in [4.78, 5) is 24.5. The van der Waals surface area contributed by atoms with Gasteiger partial charge in [0.15, 0.2) is 0 Å². The van der Waals surface area contributed by atoms with Crippen molar-refractivity contribution in [1.82, 2.24) is 0 Å². The smallest absolute Gasteiger partial charge is 0.339 e. The fraction of sp³-hybridized carbons (Fsp3) is 0.222. The molecule has 0 heterocycles. The molecule has 0 aliphatic rings. The maximum atomic E-state index is 12.3. The van der Waals surface area contributed by atoms with Crippen molar-refractivity contribution in [2.75, 3.05) is 13.2 Å². The van der Waals surface area contributed by atoms with E-state index in [2.05, 4.69) is 0 Å². The molecule has 0 aliphatic carbocycles. The highest BCUT2D eigenvalue weighted by Gasteiger charge is 2.23. The molecule has 0 radical (unpaired) electrons. The summed E-state index contributed by atoms with van der Waals surface area (Å²) in [5.74, 6) is -1.05. The SMILES string of the molecule is CCOC(=O)c1cccc(-c2ccccc2)c1C(=O)OCC. The molecule has 0 aliphatic heterocycles. The van der Waals surface area contributed by atoms with Gasteiger partial charge in [-0.05, 0) is 31.0 Å². The third-order valence-corrected chi connectivity index (χ3v) is 3.12. The first-order valence-corrected chi connectivity index (χ1v) is 7.21. The Labute approximate surface area is 129 Å². The molecule has 0 bridgehead atoms. The summed E-state index contributed by atoms with van der Waals surface area (Å²) in [5.41, 5.74) is 1.97. The number of ether oxygens (including phenoxy) is 2. The molecule has 0 aromatic heterocycles.